The second kappa shape index (κ2) is 5.98. The van der Waals surface area contributed by atoms with Crippen LogP contribution in [0.3, 0.4) is 0 Å². The molecule has 1 aliphatic rings. The van der Waals surface area contributed by atoms with E-state index in [1.54, 1.807) is 9.80 Å². The minimum atomic E-state index is -0.571. The van der Waals surface area contributed by atoms with Crippen molar-refractivity contribution in [3.8, 4) is 5.75 Å². The summed E-state index contributed by atoms with van der Waals surface area (Å²) in [4.78, 5) is 19.5. The maximum absolute atomic E-state index is 13.9. The number of aromatic nitrogens is 1. The summed E-state index contributed by atoms with van der Waals surface area (Å²) in [6.07, 6.45) is 0.849. The lowest BCUT2D eigenvalue weighted by Gasteiger charge is -2.40. The van der Waals surface area contributed by atoms with Crippen molar-refractivity contribution in [2.24, 2.45) is 0 Å². The number of aromatic hydroxyl groups is 1. The fourth-order valence-corrected chi connectivity index (χ4v) is 2.40. The van der Waals surface area contributed by atoms with E-state index in [1.165, 1.54) is 6.20 Å². The molecule has 2 rings (SSSR count). The van der Waals surface area contributed by atoms with E-state index in [1.807, 2.05) is 27.7 Å². The number of carbonyl (C=O) groups excluding carboxylic acids is 1. The van der Waals surface area contributed by atoms with Crippen LogP contribution in [0.2, 0.25) is 0 Å². The lowest BCUT2D eigenvalue weighted by atomic mass is 10.2. The Labute approximate surface area is 129 Å². The molecule has 2 heterocycles. The highest BCUT2D eigenvalue weighted by atomic mass is 19.1. The van der Waals surface area contributed by atoms with Crippen LogP contribution in [0.15, 0.2) is 12.3 Å². The molecule has 1 aliphatic heterocycles. The third-order valence-electron chi connectivity index (χ3n) is 3.36. The van der Waals surface area contributed by atoms with Gasteiger partial charge in [0.25, 0.3) is 0 Å². The van der Waals surface area contributed by atoms with Gasteiger partial charge in [-0.2, -0.15) is 0 Å². The molecule has 1 atom stereocenters. The average molecular weight is 311 g/mol. The molecule has 0 spiro atoms. The zero-order valence-corrected chi connectivity index (χ0v) is 13.3. The first-order valence-corrected chi connectivity index (χ1v) is 7.26. The van der Waals surface area contributed by atoms with Crippen LogP contribution in [-0.2, 0) is 4.74 Å². The summed E-state index contributed by atoms with van der Waals surface area (Å²) in [6.45, 7) is 8.68. The number of rotatable bonds is 1. The second-order valence-corrected chi connectivity index (χ2v) is 6.47. The molecule has 1 fully saturated rings. The Morgan fingerprint density at radius 1 is 1.45 bits per heavy atom. The highest BCUT2D eigenvalue weighted by molar-refractivity contribution is 5.69. The molecule has 1 aromatic heterocycles. The van der Waals surface area contributed by atoms with E-state index in [2.05, 4.69) is 4.98 Å². The Morgan fingerprint density at radius 3 is 2.68 bits per heavy atom. The van der Waals surface area contributed by atoms with E-state index in [9.17, 15) is 14.3 Å². The molecule has 0 aliphatic carbocycles. The van der Waals surface area contributed by atoms with Crippen LogP contribution in [0.1, 0.15) is 27.7 Å². The third kappa shape index (κ3) is 3.78. The van der Waals surface area contributed by atoms with Gasteiger partial charge < -0.3 is 19.6 Å². The zero-order chi connectivity index (χ0) is 16.5. The first kappa shape index (κ1) is 16.3. The van der Waals surface area contributed by atoms with Crippen molar-refractivity contribution < 1.29 is 19.0 Å². The van der Waals surface area contributed by atoms with Crippen LogP contribution in [0.4, 0.5) is 15.0 Å². The van der Waals surface area contributed by atoms with Gasteiger partial charge in [-0.1, -0.05) is 0 Å². The Bertz CT molecular complexity index is 559. The van der Waals surface area contributed by atoms with Crippen LogP contribution >= 0.6 is 0 Å². The molecule has 6 nitrogen and oxygen atoms in total. The molecule has 1 saturated heterocycles. The number of hydrogen-bond acceptors (Lipinski definition) is 5. The van der Waals surface area contributed by atoms with Crippen LogP contribution in [0.25, 0.3) is 0 Å². The van der Waals surface area contributed by atoms with Crippen LogP contribution in [0, 0.1) is 5.82 Å². The molecule has 0 unspecified atom stereocenters. The molecule has 0 radical (unpaired) electrons. The first-order chi connectivity index (χ1) is 10.2. The summed E-state index contributed by atoms with van der Waals surface area (Å²) in [6, 6.07) is 0.909. The molecule has 0 saturated carbocycles. The van der Waals surface area contributed by atoms with E-state index in [0.29, 0.717) is 19.6 Å². The van der Waals surface area contributed by atoms with E-state index < -0.39 is 11.4 Å². The number of pyridine rings is 1. The fraction of sp³-hybridized carbons (Fsp3) is 0.600. The molecule has 0 bridgehead atoms. The van der Waals surface area contributed by atoms with Crippen molar-refractivity contribution >= 4 is 11.9 Å². The highest BCUT2D eigenvalue weighted by Crippen LogP contribution is 2.23. The summed E-state index contributed by atoms with van der Waals surface area (Å²) in [7, 11) is 0. The van der Waals surface area contributed by atoms with Crippen molar-refractivity contribution in [1.29, 1.82) is 0 Å². The van der Waals surface area contributed by atoms with Gasteiger partial charge in [-0.3, -0.25) is 0 Å². The Hall–Kier alpha value is -2.05. The largest absolute Gasteiger partial charge is 0.506 e. The number of nitrogens with zero attached hydrogens (tertiary/aromatic N) is 3. The van der Waals surface area contributed by atoms with Crippen molar-refractivity contribution in [1.82, 2.24) is 9.88 Å². The molecule has 1 N–H and O–H groups in total. The predicted molar refractivity (Wildman–Crippen MR) is 80.5 cm³/mol. The number of anilines is 1. The standard InChI is InChI=1S/C15H22FN3O3/c1-10-9-18(13-12(16)7-11(20)8-17-13)5-6-19(10)14(21)22-15(2,3)4/h7-8,10,20H,5-6,9H2,1-4H3/t10-/m0/s1. The van der Waals surface area contributed by atoms with Crippen molar-refractivity contribution in [2.45, 2.75) is 39.3 Å². The molecule has 0 aromatic carbocycles. The summed E-state index contributed by atoms with van der Waals surface area (Å²) in [5.74, 6) is -0.590. The second-order valence-electron chi connectivity index (χ2n) is 6.47. The van der Waals surface area contributed by atoms with Gasteiger partial charge in [0.15, 0.2) is 11.6 Å². The zero-order valence-electron chi connectivity index (χ0n) is 13.3. The van der Waals surface area contributed by atoms with Gasteiger partial charge in [0.05, 0.1) is 6.20 Å². The number of halogens is 1. The average Bonchev–Trinajstić information content (AvgIpc) is 2.36. The lowest BCUT2D eigenvalue weighted by Crippen LogP contribution is -2.55. The molecule has 1 amide bonds. The minimum Gasteiger partial charge on any atom is -0.506 e. The number of piperazine rings is 1. The van der Waals surface area contributed by atoms with Gasteiger partial charge in [0.1, 0.15) is 11.4 Å². The van der Waals surface area contributed by atoms with Gasteiger partial charge in [-0.25, -0.2) is 14.2 Å². The Kier molecular flexibility index (Phi) is 4.44. The quantitative estimate of drug-likeness (QED) is 0.862. The number of amides is 1. The molecule has 22 heavy (non-hydrogen) atoms. The number of hydrogen-bond donors (Lipinski definition) is 1. The summed E-state index contributed by atoms with van der Waals surface area (Å²) < 4.78 is 19.2. The maximum Gasteiger partial charge on any atom is 0.410 e. The van der Waals surface area contributed by atoms with Gasteiger partial charge in [0, 0.05) is 31.7 Å². The summed E-state index contributed by atoms with van der Waals surface area (Å²) in [5, 5.41) is 9.22. The van der Waals surface area contributed by atoms with Gasteiger partial charge in [-0.15, -0.1) is 0 Å². The normalized spacial score (nSPS) is 19.2. The third-order valence-corrected chi connectivity index (χ3v) is 3.36. The summed E-state index contributed by atoms with van der Waals surface area (Å²) >= 11 is 0. The molecule has 7 heteroatoms. The first-order valence-electron chi connectivity index (χ1n) is 7.26. The highest BCUT2D eigenvalue weighted by Gasteiger charge is 2.32. The van der Waals surface area contributed by atoms with Crippen LogP contribution in [0.5, 0.6) is 5.75 Å². The topological polar surface area (TPSA) is 65.9 Å². The molecule has 122 valence electrons. The van der Waals surface area contributed by atoms with Crippen molar-refractivity contribution in [2.75, 3.05) is 24.5 Å². The maximum atomic E-state index is 13.9. The smallest absolute Gasteiger partial charge is 0.410 e. The fourth-order valence-electron chi connectivity index (χ4n) is 2.40. The van der Waals surface area contributed by atoms with E-state index in [0.717, 1.165) is 6.07 Å². The number of ether oxygens (including phenoxy) is 1. The Balaban J connectivity index is 2.05. The van der Waals surface area contributed by atoms with E-state index in [-0.39, 0.29) is 23.7 Å². The SMILES string of the molecule is C[C@H]1CN(c2ncc(O)cc2F)CCN1C(=O)OC(C)(C)C. The molecule has 1 aromatic rings. The van der Waals surface area contributed by atoms with Crippen LogP contribution < -0.4 is 4.90 Å². The summed E-state index contributed by atoms with van der Waals surface area (Å²) in [5.41, 5.74) is -0.543. The Morgan fingerprint density at radius 2 is 2.14 bits per heavy atom. The van der Waals surface area contributed by atoms with Crippen molar-refractivity contribution in [3.63, 3.8) is 0 Å². The predicted octanol–water partition coefficient (Wildman–Crippen LogP) is 2.37. The van der Waals surface area contributed by atoms with E-state index in [4.69, 9.17) is 4.74 Å². The van der Waals surface area contributed by atoms with Gasteiger partial charge >= 0.3 is 6.09 Å². The van der Waals surface area contributed by atoms with Crippen LogP contribution in [-0.4, -0.2) is 52.4 Å². The molecular weight excluding hydrogens is 289 g/mol. The van der Waals surface area contributed by atoms with Crippen molar-refractivity contribution in [3.05, 3.63) is 18.1 Å². The van der Waals surface area contributed by atoms with E-state index >= 15 is 0 Å². The monoisotopic (exact) mass is 311 g/mol. The number of carbonyl (C=O) groups is 1. The minimum absolute atomic E-state index is 0.126. The van der Waals surface area contributed by atoms with Gasteiger partial charge in [-0.05, 0) is 27.7 Å². The molecular formula is C15H22FN3O3. The lowest BCUT2D eigenvalue weighted by molar-refractivity contribution is 0.0158. The van der Waals surface area contributed by atoms with Gasteiger partial charge in [0.2, 0.25) is 0 Å².